The van der Waals surface area contributed by atoms with Crippen LogP contribution in [0.5, 0.6) is 0 Å². The Labute approximate surface area is 122 Å². The lowest BCUT2D eigenvalue weighted by molar-refractivity contribution is 0.173. The van der Waals surface area contributed by atoms with Crippen LogP contribution in [0.3, 0.4) is 0 Å². The second-order valence-corrected chi connectivity index (χ2v) is 6.43. The third-order valence-electron chi connectivity index (χ3n) is 5.24. The molecule has 0 bridgehead atoms. The molecular weight excluding hydrogens is 246 g/mol. The highest BCUT2D eigenvalue weighted by atomic mass is 16.3. The Morgan fingerprint density at radius 1 is 1.15 bits per heavy atom. The largest absolute Gasteiger partial charge is 0.388 e. The lowest BCUT2D eigenvalue weighted by atomic mass is 9.78. The van der Waals surface area contributed by atoms with Gasteiger partial charge >= 0.3 is 0 Å². The van der Waals surface area contributed by atoms with Crippen molar-refractivity contribution in [2.75, 3.05) is 11.4 Å². The van der Waals surface area contributed by atoms with Gasteiger partial charge in [-0.2, -0.15) is 0 Å². The molecule has 1 aromatic carbocycles. The van der Waals surface area contributed by atoms with Gasteiger partial charge in [0.05, 0.1) is 6.10 Å². The number of benzene rings is 1. The summed E-state index contributed by atoms with van der Waals surface area (Å²) in [4.78, 5) is 2.61. The number of hydrogen-bond donors (Lipinski definition) is 1. The molecule has 1 N–H and O–H groups in total. The third kappa shape index (κ3) is 2.58. The Morgan fingerprint density at radius 2 is 1.90 bits per heavy atom. The molecule has 1 saturated carbocycles. The van der Waals surface area contributed by atoms with Crippen molar-refractivity contribution in [3.8, 4) is 0 Å². The van der Waals surface area contributed by atoms with E-state index in [9.17, 15) is 5.11 Å². The van der Waals surface area contributed by atoms with Crippen LogP contribution in [0, 0.1) is 5.92 Å². The monoisotopic (exact) mass is 273 g/mol. The Bertz CT molecular complexity index is 443. The van der Waals surface area contributed by atoms with Crippen LogP contribution in [0.15, 0.2) is 24.3 Å². The first-order chi connectivity index (χ1) is 9.81. The smallest absolute Gasteiger partial charge is 0.0807 e. The van der Waals surface area contributed by atoms with Crippen LogP contribution in [0.25, 0.3) is 0 Å². The number of aliphatic hydroxyl groups is 1. The molecule has 0 amide bonds. The van der Waals surface area contributed by atoms with Crippen molar-refractivity contribution in [3.05, 3.63) is 29.8 Å². The van der Waals surface area contributed by atoms with E-state index in [1.807, 2.05) is 0 Å². The van der Waals surface area contributed by atoms with E-state index in [0.717, 1.165) is 24.4 Å². The maximum Gasteiger partial charge on any atom is 0.0807 e. The van der Waals surface area contributed by atoms with E-state index in [1.165, 1.54) is 44.2 Å². The SMILES string of the molecule is CCC(O)c1ccccc1N1CCCC2CCCCC21. The molecule has 1 heterocycles. The van der Waals surface area contributed by atoms with Gasteiger partial charge in [-0.15, -0.1) is 0 Å². The highest BCUT2D eigenvalue weighted by molar-refractivity contribution is 5.56. The lowest BCUT2D eigenvalue weighted by Gasteiger charge is -2.46. The Kier molecular flexibility index (Phi) is 4.30. The summed E-state index contributed by atoms with van der Waals surface area (Å²) in [7, 11) is 0. The van der Waals surface area contributed by atoms with Crippen LogP contribution in [0.4, 0.5) is 5.69 Å². The Hall–Kier alpha value is -1.02. The highest BCUT2D eigenvalue weighted by Gasteiger charge is 2.34. The zero-order valence-corrected chi connectivity index (χ0v) is 12.6. The second-order valence-electron chi connectivity index (χ2n) is 6.43. The number of fused-ring (bicyclic) bond motifs is 1. The summed E-state index contributed by atoms with van der Waals surface area (Å²) in [6.45, 7) is 3.22. The van der Waals surface area contributed by atoms with E-state index < -0.39 is 0 Å². The maximum atomic E-state index is 10.3. The van der Waals surface area contributed by atoms with Crippen molar-refractivity contribution >= 4 is 5.69 Å². The summed E-state index contributed by atoms with van der Waals surface area (Å²) < 4.78 is 0. The van der Waals surface area contributed by atoms with Crippen molar-refractivity contribution in [1.29, 1.82) is 0 Å². The van der Waals surface area contributed by atoms with Gasteiger partial charge in [0.2, 0.25) is 0 Å². The quantitative estimate of drug-likeness (QED) is 0.888. The minimum atomic E-state index is -0.324. The van der Waals surface area contributed by atoms with Crippen LogP contribution < -0.4 is 4.90 Å². The minimum Gasteiger partial charge on any atom is -0.388 e. The standard InChI is InChI=1S/C18H27NO/c1-2-18(20)15-10-4-6-12-17(15)19-13-7-9-14-8-3-5-11-16(14)19/h4,6,10,12,14,16,18,20H,2-3,5,7-9,11,13H2,1H3. The number of anilines is 1. The normalized spacial score (nSPS) is 28.0. The van der Waals surface area contributed by atoms with Gasteiger partial charge in [-0.3, -0.25) is 0 Å². The highest BCUT2D eigenvalue weighted by Crippen LogP contribution is 2.40. The number of aliphatic hydroxyl groups excluding tert-OH is 1. The van der Waals surface area contributed by atoms with Gasteiger partial charge < -0.3 is 10.0 Å². The van der Waals surface area contributed by atoms with E-state index in [-0.39, 0.29) is 6.10 Å². The van der Waals surface area contributed by atoms with Crippen LogP contribution in [0.2, 0.25) is 0 Å². The fourth-order valence-corrected chi connectivity index (χ4v) is 4.17. The van der Waals surface area contributed by atoms with Crippen LogP contribution in [-0.2, 0) is 0 Å². The first-order valence-corrected chi connectivity index (χ1v) is 8.35. The second kappa shape index (κ2) is 6.17. The number of hydrogen-bond acceptors (Lipinski definition) is 2. The Balaban J connectivity index is 1.91. The number of piperidine rings is 1. The van der Waals surface area contributed by atoms with Crippen LogP contribution >= 0.6 is 0 Å². The number of para-hydroxylation sites is 1. The molecule has 1 aromatic rings. The third-order valence-corrected chi connectivity index (χ3v) is 5.24. The van der Waals surface area contributed by atoms with Crippen molar-refractivity contribution in [2.45, 2.75) is 64.0 Å². The average molecular weight is 273 g/mol. The molecule has 0 radical (unpaired) electrons. The molecule has 20 heavy (non-hydrogen) atoms. The molecule has 110 valence electrons. The maximum absolute atomic E-state index is 10.3. The molecule has 3 rings (SSSR count). The molecule has 0 aromatic heterocycles. The molecule has 2 heteroatoms. The van der Waals surface area contributed by atoms with Gasteiger partial charge in [0.15, 0.2) is 0 Å². The van der Waals surface area contributed by atoms with E-state index in [0.29, 0.717) is 6.04 Å². The van der Waals surface area contributed by atoms with Crippen molar-refractivity contribution in [3.63, 3.8) is 0 Å². The summed E-state index contributed by atoms with van der Waals surface area (Å²) in [5.74, 6) is 0.879. The summed E-state index contributed by atoms with van der Waals surface area (Å²) in [6.07, 6.45) is 8.69. The summed E-state index contributed by atoms with van der Waals surface area (Å²) >= 11 is 0. The van der Waals surface area contributed by atoms with Crippen LogP contribution in [0.1, 0.15) is 63.5 Å². The number of nitrogens with zero attached hydrogens (tertiary/aromatic N) is 1. The molecule has 1 aliphatic carbocycles. The van der Waals surface area contributed by atoms with E-state index in [4.69, 9.17) is 0 Å². The average Bonchev–Trinajstić information content (AvgIpc) is 2.53. The van der Waals surface area contributed by atoms with Gasteiger partial charge in [-0.25, -0.2) is 0 Å². The van der Waals surface area contributed by atoms with Crippen molar-refractivity contribution in [2.24, 2.45) is 5.92 Å². The van der Waals surface area contributed by atoms with E-state index in [1.54, 1.807) is 0 Å². The molecule has 3 atom stereocenters. The fourth-order valence-electron chi connectivity index (χ4n) is 4.17. The van der Waals surface area contributed by atoms with Gasteiger partial charge in [-0.1, -0.05) is 38.0 Å². The van der Waals surface area contributed by atoms with Gasteiger partial charge in [0.1, 0.15) is 0 Å². The molecule has 2 aliphatic rings. The van der Waals surface area contributed by atoms with Gasteiger partial charge in [-0.05, 0) is 44.1 Å². The molecule has 0 spiro atoms. The Morgan fingerprint density at radius 3 is 2.75 bits per heavy atom. The topological polar surface area (TPSA) is 23.5 Å². The van der Waals surface area contributed by atoms with Crippen molar-refractivity contribution in [1.82, 2.24) is 0 Å². The summed E-state index contributed by atoms with van der Waals surface area (Å²) in [6, 6.07) is 9.21. The van der Waals surface area contributed by atoms with Crippen LogP contribution in [-0.4, -0.2) is 17.7 Å². The van der Waals surface area contributed by atoms with E-state index in [2.05, 4.69) is 36.1 Å². The molecule has 2 nitrogen and oxygen atoms in total. The molecule has 1 aliphatic heterocycles. The van der Waals surface area contributed by atoms with Crippen molar-refractivity contribution < 1.29 is 5.11 Å². The van der Waals surface area contributed by atoms with Gasteiger partial charge in [0.25, 0.3) is 0 Å². The zero-order chi connectivity index (χ0) is 13.9. The summed E-state index contributed by atoms with van der Waals surface area (Å²) in [5, 5.41) is 10.3. The van der Waals surface area contributed by atoms with Gasteiger partial charge in [0, 0.05) is 23.8 Å². The first kappa shape index (κ1) is 13.9. The molecular formula is C18H27NO. The number of rotatable bonds is 3. The predicted octanol–water partition coefficient (Wildman–Crippen LogP) is 4.29. The molecule has 3 unspecified atom stereocenters. The van der Waals surface area contributed by atoms with E-state index >= 15 is 0 Å². The molecule has 1 saturated heterocycles. The lowest BCUT2D eigenvalue weighted by Crippen LogP contribution is -2.47. The minimum absolute atomic E-state index is 0.324. The summed E-state index contributed by atoms with van der Waals surface area (Å²) in [5.41, 5.74) is 2.42. The predicted molar refractivity (Wildman–Crippen MR) is 84.0 cm³/mol. The molecule has 2 fully saturated rings. The fraction of sp³-hybridized carbons (Fsp3) is 0.667. The first-order valence-electron chi connectivity index (χ1n) is 8.35. The zero-order valence-electron chi connectivity index (χ0n) is 12.6.